The van der Waals surface area contributed by atoms with Gasteiger partial charge in [0.25, 0.3) is 0 Å². The van der Waals surface area contributed by atoms with Gasteiger partial charge in [0.1, 0.15) is 30.1 Å². The smallest absolute Gasteiger partial charge is 0.345 e. The molecule has 0 bridgehead atoms. The standard InChI is InChI=1S/2C4H3NO2.CH2O/c2*1-3(2-5)4(6)7;1-2/h2*1H2,(H,6,7);1H2. The molecular weight excluding hydrogens is 216 g/mol. The second-order valence-electron chi connectivity index (χ2n) is 1.79. The second kappa shape index (κ2) is 12.1. The predicted octanol–water partition coefficient (Wildman–Crippen LogP) is 0.117. The summed E-state index contributed by atoms with van der Waals surface area (Å²) in [7, 11) is 0. The summed E-state index contributed by atoms with van der Waals surface area (Å²) in [6.45, 7) is 7.82. The van der Waals surface area contributed by atoms with Crippen LogP contribution in [0.2, 0.25) is 0 Å². The molecule has 16 heavy (non-hydrogen) atoms. The Kier molecular flexibility index (Phi) is 14.2. The van der Waals surface area contributed by atoms with E-state index in [1.807, 2.05) is 6.79 Å². The van der Waals surface area contributed by atoms with Gasteiger partial charge in [-0.3, -0.25) is 0 Å². The molecule has 0 rings (SSSR count). The van der Waals surface area contributed by atoms with E-state index in [0.717, 1.165) is 0 Å². The SMILES string of the molecule is C=C(C#N)C(=O)O.C=C(C#N)C(=O)O.C=O. The lowest BCUT2D eigenvalue weighted by Crippen LogP contribution is -1.94. The highest BCUT2D eigenvalue weighted by Crippen LogP contribution is 1.82. The molecule has 0 heterocycles. The van der Waals surface area contributed by atoms with E-state index in [-0.39, 0.29) is 0 Å². The maximum Gasteiger partial charge on any atom is 0.345 e. The number of hydrogen-bond donors (Lipinski definition) is 2. The highest BCUT2D eigenvalue weighted by Gasteiger charge is 1.98. The summed E-state index contributed by atoms with van der Waals surface area (Å²) in [6.07, 6.45) is 0. The van der Waals surface area contributed by atoms with Crippen molar-refractivity contribution in [2.45, 2.75) is 0 Å². The Morgan fingerprint density at radius 1 is 0.875 bits per heavy atom. The van der Waals surface area contributed by atoms with Crippen LogP contribution in [-0.2, 0) is 14.4 Å². The fourth-order valence-electron chi connectivity index (χ4n) is 0.0956. The molecule has 0 aliphatic heterocycles. The Balaban J connectivity index is -0.000000183. The van der Waals surface area contributed by atoms with Crippen molar-refractivity contribution in [2.24, 2.45) is 0 Å². The molecule has 0 aromatic carbocycles. The Morgan fingerprint density at radius 2 is 1.06 bits per heavy atom. The zero-order valence-corrected chi connectivity index (χ0v) is 8.13. The van der Waals surface area contributed by atoms with Gasteiger partial charge in [-0.25, -0.2) is 9.59 Å². The Labute approximate surface area is 91.1 Å². The molecule has 0 unspecified atom stereocenters. The summed E-state index contributed by atoms with van der Waals surface area (Å²) >= 11 is 0. The average Bonchev–Trinajstić information content (AvgIpc) is 2.29. The number of carbonyl (C=O) groups is 3. The van der Waals surface area contributed by atoms with Gasteiger partial charge in [-0.15, -0.1) is 0 Å². The van der Waals surface area contributed by atoms with Crippen LogP contribution in [0.25, 0.3) is 0 Å². The minimum absolute atomic E-state index is 0.431. The first-order valence-electron chi connectivity index (χ1n) is 3.30. The lowest BCUT2D eigenvalue weighted by atomic mass is 10.4. The van der Waals surface area contributed by atoms with Crippen LogP contribution < -0.4 is 0 Å². The number of rotatable bonds is 2. The minimum Gasteiger partial charge on any atom is -0.477 e. The van der Waals surface area contributed by atoms with Gasteiger partial charge in [-0.05, 0) is 0 Å². The number of nitriles is 2. The summed E-state index contributed by atoms with van der Waals surface area (Å²) in [5.74, 6) is -2.52. The molecule has 0 aromatic heterocycles. The van der Waals surface area contributed by atoms with E-state index in [1.165, 1.54) is 12.1 Å². The molecule has 84 valence electrons. The van der Waals surface area contributed by atoms with Gasteiger partial charge in [-0.1, -0.05) is 13.2 Å². The molecule has 0 aromatic rings. The summed E-state index contributed by atoms with van der Waals surface area (Å²) in [6, 6.07) is 2.74. The fraction of sp³-hybridized carbons (Fsp3) is 0. The van der Waals surface area contributed by atoms with E-state index in [0.29, 0.717) is 0 Å². The van der Waals surface area contributed by atoms with Crippen molar-refractivity contribution in [3.8, 4) is 12.1 Å². The van der Waals surface area contributed by atoms with Crippen molar-refractivity contribution in [1.82, 2.24) is 0 Å². The van der Waals surface area contributed by atoms with Gasteiger partial charge in [-0.2, -0.15) is 10.5 Å². The zero-order chi connectivity index (χ0) is 13.7. The van der Waals surface area contributed by atoms with Gasteiger partial charge < -0.3 is 15.0 Å². The van der Waals surface area contributed by atoms with E-state index >= 15 is 0 Å². The van der Waals surface area contributed by atoms with Crippen molar-refractivity contribution in [1.29, 1.82) is 10.5 Å². The maximum atomic E-state index is 9.61. The van der Waals surface area contributed by atoms with Crippen LogP contribution in [0.5, 0.6) is 0 Å². The first-order chi connectivity index (χ1) is 7.36. The van der Waals surface area contributed by atoms with Crippen LogP contribution in [0.1, 0.15) is 0 Å². The summed E-state index contributed by atoms with van der Waals surface area (Å²) < 4.78 is 0. The third kappa shape index (κ3) is 13.6. The first-order valence-corrected chi connectivity index (χ1v) is 3.30. The van der Waals surface area contributed by atoms with Gasteiger partial charge in [0.15, 0.2) is 0 Å². The molecule has 0 aliphatic carbocycles. The van der Waals surface area contributed by atoms with Gasteiger partial charge >= 0.3 is 11.9 Å². The summed E-state index contributed by atoms with van der Waals surface area (Å²) in [5.41, 5.74) is -0.861. The van der Waals surface area contributed by atoms with Crippen LogP contribution in [0.4, 0.5) is 0 Å². The van der Waals surface area contributed by atoms with Gasteiger partial charge in [0, 0.05) is 0 Å². The molecule has 0 amide bonds. The fourth-order valence-corrected chi connectivity index (χ4v) is 0.0956. The van der Waals surface area contributed by atoms with Crippen molar-refractivity contribution in [3.63, 3.8) is 0 Å². The number of carboxylic acid groups (broad SMARTS) is 2. The second-order valence-corrected chi connectivity index (χ2v) is 1.79. The van der Waals surface area contributed by atoms with E-state index in [1.54, 1.807) is 0 Å². The minimum atomic E-state index is -1.26. The summed E-state index contributed by atoms with van der Waals surface area (Å²) in [5, 5.41) is 31.3. The van der Waals surface area contributed by atoms with Gasteiger partial charge in [0.05, 0.1) is 0 Å². The normalized spacial score (nSPS) is 6.12. The van der Waals surface area contributed by atoms with E-state index in [9.17, 15) is 9.59 Å². The zero-order valence-electron chi connectivity index (χ0n) is 8.13. The van der Waals surface area contributed by atoms with Crippen LogP contribution in [0, 0.1) is 22.7 Å². The molecule has 7 nitrogen and oxygen atoms in total. The first kappa shape index (κ1) is 18.8. The number of aliphatic carboxylic acids is 2. The highest BCUT2D eigenvalue weighted by molar-refractivity contribution is 5.90. The van der Waals surface area contributed by atoms with Crippen molar-refractivity contribution in [3.05, 3.63) is 24.3 Å². The number of nitrogens with zero attached hydrogens (tertiary/aromatic N) is 2. The monoisotopic (exact) mass is 224 g/mol. The van der Waals surface area contributed by atoms with Crippen LogP contribution in [-0.4, -0.2) is 28.9 Å². The highest BCUT2D eigenvalue weighted by atomic mass is 16.4. The molecule has 0 saturated heterocycles. The molecule has 0 atom stereocenters. The number of carboxylic acids is 2. The average molecular weight is 224 g/mol. The molecule has 2 N–H and O–H groups in total. The molecule has 0 spiro atoms. The van der Waals surface area contributed by atoms with Crippen LogP contribution in [0.15, 0.2) is 24.3 Å². The lowest BCUT2D eigenvalue weighted by Gasteiger charge is -1.76. The largest absolute Gasteiger partial charge is 0.477 e. The van der Waals surface area contributed by atoms with E-state index in [2.05, 4.69) is 13.2 Å². The molecule has 7 heteroatoms. The molecule has 0 radical (unpaired) electrons. The van der Waals surface area contributed by atoms with Crippen LogP contribution >= 0.6 is 0 Å². The molecular formula is C9H8N2O5. The topological polar surface area (TPSA) is 139 Å². The third-order valence-corrected chi connectivity index (χ3v) is 0.786. The molecule has 0 aliphatic rings. The Bertz CT molecular complexity index is 336. The molecule has 0 fully saturated rings. The van der Waals surface area contributed by atoms with Crippen molar-refractivity contribution >= 4 is 18.7 Å². The van der Waals surface area contributed by atoms with Gasteiger partial charge in [0.2, 0.25) is 0 Å². The predicted molar refractivity (Wildman–Crippen MR) is 51.9 cm³/mol. The van der Waals surface area contributed by atoms with E-state index in [4.69, 9.17) is 25.5 Å². The number of carbonyl (C=O) groups excluding carboxylic acids is 1. The molecule has 0 saturated carbocycles. The Hall–Kier alpha value is -2.93. The van der Waals surface area contributed by atoms with Crippen molar-refractivity contribution in [2.75, 3.05) is 0 Å². The van der Waals surface area contributed by atoms with Crippen molar-refractivity contribution < 1.29 is 24.6 Å². The number of hydrogen-bond acceptors (Lipinski definition) is 5. The van der Waals surface area contributed by atoms with E-state index < -0.39 is 23.1 Å². The Morgan fingerprint density at radius 3 is 1.06 bits per heavy atom. The third-order valence-electron chi connectivity index (χ3n) is 0.786. The van der Waals surface area contributed by atoms with Crippen LogP contribution in [0.3, 0.4) is 0 Å². The maximum absolute atomic E-state index is 9.61. The quantitative estimate of drug-likeness (QED) is 0.501. The summed E-state index contributed by atoms with van der Waals surface area (Å²) in [4.78, 5) is 27.2. The lowest BCUT2D eigenvalue weighted by molar-refractivity contribution is -0.133.